The molecule has 2 fully saturated rings. The molecule has 4 rings (SSSR count). The molecule has 11 heteroatoms. The number of cyclic esters (lactones) is 1. The van der Waals surface area contributed by atoms with Gasteiger partial charge in [-0.1, -0.05) is 51.1 Å². The number of hydrogen-bond donors (Lipinski definition) is 1. The summed E-state index contributed by atoms with van der Waals surface area (Å²) in [6, 6.07) is 10.6. The van der Waals surface area contributed by atoms with Gasteiger partial charge < -0.3 is 23.7 Å². The maximum atomic E-state index is 13.4. The van der Waals surface area contributed by atoms with Crippen molar-refractivity contribution in [1.82, 2.24) is 9.13 Å². The Hall–Kier alpha value is -2.57. The Balaban J connectivity index is 1.67. The molecular formula is C25H34N2O8Si. The predicted octanol–water partition coefficient (Wildman–Crippen LogP) is 2.15. The summed E-state index contributed by atoms with van der Waals surface area (Å²) < 4.78 is 25.6. The predicted molar refractivity (Wildman–Crippen MR) is 133 cm³/mol. The van der Waals surface area contributed by atoms with Crippen molar-refractivity contribution in [2.75, 3.05) is 6.61 Å². The number of aromatic nitrogens is 2. The molecule has 3 heterocycles. The van der Waals surface area contributed by atoms with Crippen LogP contribution in [-0.2, 0) is 36.8 Å². The van der Waals surface area contributed by atoms with Gasteiger partial charge in [0.2, 0.25) is 0 Å². The number of aliphatic hydroxyl groups is 1. The van der Waals surface area contributed by atoms with Gasteiger partial charge in [-0.2, -0.15) is 0 Å². The van der Waals surface area contributed by atoms with Crippen molar-refractivity contribution in [2.24, 2.45) is 0 Å². The Morgan fingerprint density at radius 1 is 1.14 bits per heavy atom. The average Bonchev–Trinajstić information content (AvgIpc) is 3.06. The summed E-state index contributed by atoms with van der Waals surface area (Å²) in [4.78, 5) is 38.1. The zero-order valence-corrected chi connectivity index (χ0v) is 22.3. The summed E-state index contributed by atoms with van der Waals surface area (Å²) in [5, 5.41) is 11.4. The Labute approximate surface area is 210 Å². The van der Waals surface area contributed by atoms with Crippen LogP contribution in [0.5, 0.6) is 0 Å². The van der Waals surface area contributed by atoms with E-state index in [1.54, 1.807) is 0 Å². The summed E-state index contributed by atoms with van der Waals surface area (Å²) in [6.45, 7) is 10.00. The standard InChI is InChI=1S/C25H34N2O8Si/c1-24(2,3)36(4,5)35-21-22(34-18-15-33-20(29)13-25(18,21)31)26-12-11-19(28)27(23(26)30)16-32-14-17-9-7-6-8-10-17/h6-12,18,21-22,31H,13-16H2,1-5H3/t18-,21+,22-,25-/m1/s1. The molecule has 1 aromatic carbocycles. The van der Waals surface area contributed by atoms with E-state index in [4.69, 9.17) is 18.6 Å². The molecule has 0 radical (unpaired) electrons. The Kier molecular flexibility index (Phi) is 7.15. The van der Waals surface area contributed by atoms with E-state index in [1.807, 2.05) is 43.4 Å². The number of carbonyl (C=O) groups excluding carboxylic acids is 1. The van der Waals surface area contributed by atoms with Crippen molar-refractivity contribution in [3.63, 3.8) is 0 Å². The van der Waals surface area contributed by atoms with E-state index in [2.05, 4.69) is 20.8 Å². The first-order valence-electron chi connectivity index (χ1n) is 12.0. The largest absolute Gasteiger partial charge is 0.463 e. The highest BCUT2D eigenvalue weighted by Gasteiger charge is 2.62. The lowest BCUT2D eigenvalue weighted by Crippen LogP contribution is -2.59. The third-order valence-corrected chi connectivity index (χ3v) is 11.8. The van der Waals surface area contributed by atoms with Crippen LogP contribution in [0.3, 0.4) is 0 Å². The van der Waals surface area contributed by atoms with Crippen LogP contribution >= 0.6 is 0 Å². The van der Waals surface area contributed by atoms with Crippen LogP contribution in [-0.4, -0.2) is 52.9 Å². The zero-order chi connectivity index (χ0) is 26.3. The molecular weight excluding hydrogens is 484 g/mol. The normalized spacial score (nSPS) is 26.5. The van der Waals surface area contributed by atoms with Crippen LogP contribution in [0, 0.1) is 0 Å². The van der Waals surface area contributed by atoms with Crippen LogP contribution in [0.15, 0.2) is 52.2 Å². The highest BCUT2D eigenvalue weighted by Crippen LogP contribution is 2.47. The van der Waals surface area contributed by atoms with Crippen molar-refractivity contribution < 1.29 is 28.5 Å². The van der Waals surface area contributed by atoms with Crippen LogP contribution in [0.25, 0.3) is 0 Å². The van der Waals surface area contributed by atoms with Crippen molar-refractivity contribution in [3.05, 3.63) is 69.0 Å². The maximum Gasteiger partial charge on any atom is 0.335 e. The molecule has 0 aliphatic carbocycles. The molecule has 10 nitrogen and oxygen atoms in total. The number of nitrogens with zero attached hydrogens (tertiary/aromatic N) is 2. The van der Waals surface area contributed by atoms with Gasteiger partial charge in [-0.15, -0.1) is 0 Å². The fourth-order valence-electron chi connectivity index (χ4n) is 4.18. The molecule has 2 aromatic rings. The van der Waals surface area contributed by atoms with Crippen LogP contribution in [0.4, 0.5) is 0 Å². The molecule has 196 valence electrons. The van der Waals surface area contributed by atoms with E-state index < -0.39 is 49.6 Å². The fourth-order valence-corrected chi connectivity index (χ4v) is 5.48. The minimum absolute atomic E-state index is 0.155. The average molecular weight is 519 g/mol. The fraction of sp³-hybridized carbons (Fsp3) is 0.560. The van der Waals surface area contributed by atoms with E-state index >= 15 is 0 Å². The van der Waals surface area contributed by atoms with Crippen molar-refractivity contribution in [2.45, 2.75) is 82.7 Å². The number of hydrogen-bond acceptors (Lipinski definition) is 8. The highest BCUT2D eigenvalue weighted by atomic mass is 28.4. The summed E-state index contributed by atoms with van der Waals surface area (Å²) in [5.74, 6) is -0.562. The van der Waals surface area contributed by atoms with E-state index in [1.165, 1.54) is 16.8 Å². The second-order valence-corrected chi connectivity index (χ2v) is 15.7. The van der Waals surface area contributed by atoms with Gasteiger partial charge in [0.25, 0.3) is 5.56 Å². The van der Waals surface area contributed by atoms with Gasteiger partial charge in [0.15, 0.2) is 14.5 Å². The van der Waals surface area contributed by atoms with Gasteiger partial charge >= 0.3 is 11.7 Å². The van der Waals surface area contributed by atoms with Gasteiger partial charge in [0.1, 0.15) is 31.1 Å². The quantitative estimate of drug-likeness (QED) is 0.438. The molecule has 1 aromatic heterocycles. The Morgan fingerprint density at radius 3 is 2.50 bits per heavy atom. The number of rotatable bonds is 7. The van der Waals surface area contributed by atoms with Gasteiger partial charge in [0.05, 0.1) is 13.0 Å². The van der Waals surface area contributed by atoms with Crippen molar-refractivity contribution >= 4 is 14.3 Å². The molecule has 2 saturated heterocycles. The van der Waals surface area contributed by atoms with Crippen LogP contribution in [0.1, 0.15) is 39.0 Å². The number of benzene rings is 1. The lowest BCUT2D eigenvalue weighted by Gasteiger charge is -2.43. The molecule has 0 saturated carbocycles. The lowest BCUT2D eigenvalue weighted by molar-refractivity contribution is -0.179. The molecule has 2 aliphatic rings. The summed E-state index contributed by atoms with van der Waals surface area (Å²) in [5.41, 5.74) is -1.97. The smallest absolute Gasteiger partial charge is 0.335 e. The third kappa shape index (κ3) is 4.98. The number of fused-ring (bicyclic) bond motifs is 1. The molecule has 4 atom stereocenters. The third-order valence-electron chi connectivity index (χ3n) is 7.37. The Bertz CT molecular complexity index is 1220. The minimum atomic E-state index is -2.49. The molecule has 0 amide bonds. The maximum absolute atomic E-state index is 13.4. The van der Waals surface area contributed by atoms with E-state index in [9.17, 15) is 19.5 Å². The molecule has 36 heavy (non-hydrogen) atoms. The van der Waals surface area contributed by atoms with Gasteiger partial charge in [-0.3, -0.25) is 14.2 Å². The first-order chi connectivity index (χ1) is 16.8. The van der Waals surface area contributed by atoms with E-state index in [0.717, 1.165) is 10.1 Å². The first-order valence-corrected chi connectivity index (χ1v) is 14.9. The van der Waals surface area contributed by atoms with Gasteiger partial charge in [0, 0.05) is 12.3 Å². The second kappa shape index (κ2) is 9.71. The van der Waals surface area contributed by atoms with E-state index in [0.29, 0.717) is 0 Å². The van der Waals surface area contributed by atoms with Gasteiger partial charge in [-0.25, -0.2) is 9.36 Å². The number of esters is 1. The minimum Gasteiger partial charge on any atom is -0.463 e. The zero-order valence-electron chi connectivity index (χ0n) is 21.3. The number of carbonyl (C=O) groups is 1. The van der Waals surface area contributed by atoms with E-state index in [-0.39, 0.29) is 31.4 Å². The first kappa shape index (κ1) is 26.5. The number of ether oxygens (including phenoxy) is 3. The van der Waals surface area contributed by atoms with Crippen molar-refractivity contribution in [1.29, 1.82) is 0 Å². The monoisotopic (exact) mass is 518 g/mol. The van der Waals surface area contributed by atoms with Crippen molar-refractivity contribution in [3.8, 4) is 0 Å². The Morgan fingerprint density at radius 2 is 1.83 bits per heavy atom. The summed E-state index contributed by atoms with van der Waals surface area (Å²) >= 11 is 0. The molecule has 2 aliphatic heterocycles. The summed E-state index contributed by atoms with van der Waals surface area (Å²) in [7, 11) is -2.49. The molecule has 0 unspecified atom stereocenters. The molecule has 0 bridgehead atoms. The lowest BCUT2D eigenvalue weighted by atomic mass is 9.87. The SMILES string of the molecule is CC(C)(C)[Si](C)(C)O[C@H]1[C@H](n2ccc(=O)n(COCc3ccccc3)c2=O)O[C@@H]2COC(=O)C[C@@]21O. The topological polar surface area (TPSA) is 118 Å². The van der Waals surface area contributed by atoms with Crippen LogP contribution in [0.2, 0.25) is 18.1 Å². The van der Waals surface area contributed by atoms with Crippen LogP contribution < -0.4 is 11.2 Å². The molecule has 1 N–H and O–H groups in total. The molecule has 0 spiro atoms. The van der Waals surface area contributed by atoms with Gasteiger partial charge in [-0.05, 0) is 23.7 Å². The highest BCUT2D eigenvalue weighted by molar-refractivity contribution is 6.74. The second-order valence-electron chi connectivity index (χ2n) is 10.9. The summed E-state index contributed by atoms with van der Waals surface area (Å²) in [6.07, 6.45) is -1.96.